The van der Waals surface area contributed by atoms with Crippen LogP contribution >= 0.6 is 7.82 Å². The van der Waals surface area contributed by atoms with E-state index in [1.54, 1.807) is 6.08 Å². The lowest BCUT2D eigenvalue weighted by atomic mass is 10.0. The highest BCUT2D eigenvalue weighted by molar-refractivity contribution is 7.47. The Bertz CT molecular complexity index is 1350. The van der Waals surface area contributed by atoms with Crippen LogP contribution < -0.4 is 5.32 Å². The van der Waals surface area contributed by atoms with Crippen LogP contribution in [0.3, 0.4) is 0 Å². The number of nitrogens with one attached hydrogen (secondary N) is 1. The van der Waals surface area contributed by atoms with Crippen molar-refractivity contribution < 1.29 is 32.9 Å². The summed E-state index contributed by atoms with van der Waals surface area (Å²) in [6.07, 6.45) is 81.9. The van der Waals surface area contributed by atoms with Crippen LogP contribution in [0.1, 0.15) is 373 Å². The number of aliphatic hydroxyl groups excluding tert-OH is 1. The molecule has 80 heavy (non-hydrogen) atoms. The first-order valence-electron chi connectivity index (χ1n) is 35.7. The summed E-state index contributed by atoms with van der Waals surface area (Å²) in [5.41, 5.74) is 0. The molecule has 0 saturated carbocycles. The molecule has 0 spiro atoms. The number of rotatable bonds is 67. The van der Waals surface area contributed by atoms with Crippen molar-refractivity contribution in [2.45, 2.75) is 386 Å². The molecule has 0 aromatic rings. The number of likely N-dealkylation sites (N-methyl/N-ethyl adjacent to an activating group) is 1. The number of amides is 1. The van der Waals surface area contributed by atoms with Gasteiger partial charge in [-0.1, -0.05) is 346 Å². The van der Waals surface area contributed by atoms with Crippen molar-refractivity contribution in [2.75, 3.05) is 40.9 Å². The lowest BCUT2D eigenvalue weighted by Gasteiger charge is -2.25. The zero-order chi connectivity index (χ0) is 58.4. The van der Waals surface area contributed by atoms with Gasteiger partial charge >= 0.3 is 7.82 Å². The third-order valence-corrected chi connectivity index (χ3v) is 17.6. The van der Waals surface area contributed by atoms with Gasteiger partial charge in [-0.05, 0) is 44.9 Å². The molecule has 0 aliphatic heterocycles. The fraction of sp³-hybridized carbons (Fsp3) is 0.930. The summed E-state index contributed by atoms with van der Waals surface area (Å²) in [6, 6.07) is -0.846. The van der Waals surface area contributed by atoms with Crippen molar-refractivity contribution in [3.8, 4) is 0 Å². The van der Waals surface area contributed by atoms with Crippen LogP contribution in [0, 0.1) is 0 Å². The van der Waals surface area contributed by atoms with Crippen molar-refractivity contribution in [3.05, 3.63) is 24.3 Å². The second-order valence-electron chi connectivity index (χ2n) is 26.0. The highest BCUT2D eigenvalue weighted by atomic mass is 31.2. The van der Waals surface area contributed by atoms with E-state index >= 15 is 0 Å². The van der Waals surface area contributed by atoms with Gasteiger partial charge in [-0.3, -0.25) is 13.8 Å². The standard InChI is InChI=1S/C71H141N2O6P/c1-6-8-10-12-14-16-18-20-22-24-26-28-30-32-34-35-36-37-39-40-42-44-46-48-50-52-54-56-58-60-62-64-70(74)69(68-79-80(76,77)78-67-66-73(3,4)5)72-71(75)65-63-61-59-57-55-53-51-49-47-45-43-41-38-33-31-29-27-25-23-21-19-17-15-13-11-9-7-2/h25,27,62,64,69-70,74H,6-24,26,28-61,63,65-68H2,1-5H3,(H-,72,75,76,77)/p+1/b27-25-,64-62+. The zero-order valence-corrected chi connectivity index (χ0v) is 55.5. The van der Waals surface area contributed by atoms with Crippen molar-refractivity contribution >= 4 is 13.7 Å². The second-order valence-corrected chi connectivity index (χ2v) is 27.4. The average Bonchev–Trinajstić information content (AvgIpc) is 3.42. The first-order valence-corrected chi connectivity index (χ1v) is 37.2. The van der Waals surface area contributed by atoms with E-state index < -0.39 is 20.0 Å². The molecule has 0 aliphatic carbocycles. The molecule has 476 valence electrons. The molecular weight excluding hydrogens is 1010 g/mol. The number of hydrogen-bond donors (Lipinski definition) is 3. The first kappa shape index (κ1) is 79.0. The van der Waals surface area contributed by atoms with Gasteiger partial charge in [0.15, 0.2) is 0 Å². The molecule has 3 unspecified atom stereocenters. The first-order chi connectivity index (χ1) is 39.0. The normalized spacial score (nSPS) is 13.7. The van der Waals surface area contributed by atoms with Crippen LogP contribution in [-0.2, 0) is 18.4 Å². The number of carbonyl (C=O) groups excluding carboxylic acids is 1. The Balaban J connectivity index is 4.03. The Morgan fingerprint density at radius 2 is 0.675 bits per heavy atom. The molecule has 9 heteroatoms. The number of carbonyl (C=O) groups is 1. The highest BCUT2D eigenvalue weighted by Crippen LogP contribution is 2.43. The van der Waals surface area contributed by atoms with Gasteiger partial charge in [0.2, 0.25) is 5.91 Å². The van der Waals surface area contributed by atoms with Gasteiger partial charge in [0.25, 0.3) is 0 Å². The van der Waals surface area contributed by atoms with Gasteiger partial charge in [-0.2, -0.15) is 0 Å². The van der Waals surface area contributed by atoms with Crippen LogP contribution in [0.25, 0.3) is 0 Å². The molecule has 8 nitrogen and oxygen atoms in total. The largest absolute Gasteiger partial charge is 0.472 e. The van der Waals surface area contributed by atoms with Crippen molar-refractivity contribution in [1.82, 2.24) is 5.32 Å². The maximum atomic E-state index is 13.1. The minimum Gasteiger partial charge on any atom is -0.387 e. The Morgan fingerprint density at radius 1 is 0.412 bits per heavy atom. The Hall–Kier alpha value is -1.02. The quantitative estimate of drug-likeness (QED) is 0.0243. The van der Waals surface area contributed by atoms with E-state index in [9.17, 15) is 19.4 Å². The molecule has 0 aromatic carbocycles. The second kappa shape index (κ2) is 62.5. The van der Waals surface area contributed by atoms with E-state index in [-0.39, 0.29) is 19.1 Å². The molecule has 3 atom stereocenters. The highest BCUT2D eigenvalue weighted by Gasteiger charge is 2.28. The van der Waals surface area contributed by atoms with Crippen molar-refractivity contribution in [3.63, 3.8) is 0 Å². The minimum atomic E-state index is -4.35. The molecule has 3 N–H and O–H groups in total. The summed E-state index contributed by atoms with van der Waals surface area (Å²) in [6.45, 7) is 4.88. The van der Waals surface area contributed by atoms with E-state index in [0.29, 0.717) is 17.4 Å². The van der Waals surface area contributed by atoms with Gasteiger partial charge in [0, 0.05) is 6.42 Å². The summed E-state index contributed by atoms with van der Waals surface area (Å²) in [5.74, 6) is -0.169. The monoisotopic (exact) mass is 1150 g/mol. The number of quaternary nitrogens is 1. The SMILES string of the molecule is CCCCCCCCCC/C=C\CCCCCCCCCCCCCCCCCC(=O)NC(COP(=O)(O)OCC[N+](C)(C)C)C(O)/C=C/CCCCCCCCCCCCCCCCCCCCCCCCCCCCCCC. The van der Waals surface area contributed by atoms with E-state index in [1.165, 1.54) is 321 Å². The van der Waals surface area contributed by atoms with Crippen LogP contribution in [0.4, 0.5) is 0 Å². The smallest absolute Gasteiger partial charge is 0.387 e. The zero-order valence-electron chi connectivity index (χ0n) is 54.6. The van der Waals surface area contributed by atoms with Crippen molar-refractivity contribution in [2.24, 2.45) is 0 Å². The third-order valence-electron chi connectivity index (χ3n) is 16.7. The Labute approximate surface area is 500 Å². The number of phosphoric ester groups is 1. The average molecular weight is 1150 g/mol. The number of phosphoric acid groups is 1. The number of allylic oxidation sites excluding steroid dienone is 3. The number of nitrogens with zero attached hydrogens (tertiary/aromatic N) is 1. The summed E-state index contributed by atoms with van der Waals surface area (Å²) in [4.78, 5) is 23.4. The fourth-order valence-corrected chi connectivity index (χ4v) is 11.8. The maximum Gasteiger partial charge on any atom is 0.472 e. The Kier molecular flexibility index (Phi) is 61.7. The topological polar surface area (TPSA) is 105 Å². The van der Waals surface area contributed by atoms with Gasteiger partial charge in [0.1, 0.15) is 13.2 Å². The van der Waals surface area contributed by atoms with Crippen LogP contribution in [0.5, 0.6) is 0 Å². The minimum absolute atomic E-state index is 0.0641. The summed E-state index contributed by atoms with van der Waals surface area (Å²) in [5, 5.41) is 14.0. The fourth-order valence-electron chi connectivity index (χ4n) is 11.1. The Morgan fingerprint density at radius 3 is 0.963 bits per heavy atom. The van der Waals surface area contributed by atoms with E-state index in [4.69, 9.17) is 9.05 Å². The van der Waals surface area contributed by atoms with Crippen LogP contribution in [0.2, 0.25) is 0 Å². The maximum absolute atomic E-state index is 13.1. The predicted octanol–water partition coefficient (Wildman–Crippen LogP) is 22.7. The number of hydrogen-bond acceptors (Lipinski definition) is 5. The lowest BCUT2D eigenvalue weighted by Crippen LogP contribution is -2.45. The molecule has 0 rings (SSSR count). The van der Waals surface area contributed by atoms with Crippen molar-refractivity contribution in [1.29, 1.82) is 0 Å². The van der Waals surface area contributed by atoms with Gasteiger partial charge in [0.05, 0.1) is 39.9 Å². The molecule has 0 radical (unpaired) electrons. The molecule has 0 saturated heterocycles. The summed E-state index contributed by atoms with van der Waals surface area (Å²) < 4.78 is 23.8. The molecule has 0 aliphatic rings. The number of unbranched alkanes of at least 4 members (excludes halogenated alkanes) is 52. The molecule has 0 bridgehead atoms. The lowest BCUT2D eigenvalue weighted by molar-refractivity contribution is -0.870. The summed E-state index contributed by atoms with van der Waals surface area (Å²) in [7, 11) is 1.59. The van der Waals surface area contributed by atoms with Crippen LogP contribution in [-0.4, -0.2) is 73.4 Å². The molecule has 1 amide bonds. The summed E-state index contributed by atoms with van der Waals surface area (Å²) >= 11 is 0. The van der Waals surface area contributed by atoms with E-state index in [2.05, 4.69) is 31.3 Å². The number of aliphatic hydroxyl groups is 1. The molecule has 0 fully saturated rings. The molecule has 0 aromatic heterocycles. The van der Waals surface area contributed by atoms with Gasteiger partial charge in [-0.15, -0.1) is 0 Å². The van der Waals surface area contributed by atoms with E-state index in [1.807, 2.05) is 27.2 Å². The van der Waals surface area contributed by atoms with Gasteiger partial charge in [-0.25, -0.2) is 4.57 Å². The molecule has 0 heterocycles. The predicted molar refractivity (Wildman–Crippen MR) is 351 cm³/mol. The van der Waals surface area contributed by atoms with Crippen LogP contribution in [0.15, 0.2) is 24.3 Å². The molecular formula is C71H142N2O6P+. The van der Waals surface area contributed by atoms with E-state index in [0.717, 1.165) is 32.1 Å². The third kappa shape index (κ3) is 64.5. The van der Waals surface area contributed by atoms with Gasteiger partial charge < -0.3 is 19.8 Å².